The van der Waals surface area contributed by atoms with E-state index < -0.39 is 0 Å². The lowest BCUT2D eigenvalue weighted by atomic mass is 10.1. The summed E-state index contributed by atoms with van der Waals surface area (Å²) in [4.78, 5) is 2.57. The Balaban J connectivity index is 1.56. The molecular weight excluding hydrogens is 317 g/mol. The summed E-state index contributed by atoms with van der Waals surface area (Å²) in [5.41, 5.74) is 1.98. The molecule has 118 valence electrons. The molecule has 3 rings (SSSR count). The first-order valence-electron chi connectivity index (χ1n) is 7.95. The van der Waals surface area contributed by atoms with Crippen molar-refractivity contribution in [2.75, 3.05) is 19.6 Å². The lowest BCUT2D eigenvalue weighted by Crippen LogP contribution is -2.30. The third kappa shape index (κ3) is 4.03. The molecule has 0 atom stereocenters. The third-order valence-electron chi connectivity index (χ3n) is 4.16. The zero-order valence-corrected chi connectivity index (χ0v) is 14.2. The van der Waals surface area contributed by atoms with Crippen LogP contribution in [0.5, 0.6) is 0 Å². The van der Waals surface area contributed by atoms with Crippen molar-refractivity contribution < 1.29 is 0 Å². The summed E-state index contributed by atoms with van der Waals surface area (Å²) in [6.07, 6.45) is 8.22. The number of rotatable bonds is 5. The Morgan fingerprint density at radius 1 is 1.05 bits per heavy atom. The Labute approximate surface area is 141 Å². The molecule has 1 aromatic carbocycles. The van der Waals surface area contributed by atoms with E-state index >= 15 is 0 Å². The Morgan fingerprint density at radius 3 is 2.64 bits per heavy atom. The fourth-order valence-electron chi connectivity index (χ4n) is 2.96. The van der Waals surface area contributed by atoms with Gasteiger partial charge in [-0.1, -0.05) is 29.6 Å². The van der Waals surface area contributed by atoms with E-state index in [4.69, 9.17) is 23.2 Å². The average Bonchev–Trinajstić information content (AvgIpc) is 2.97. The maximum atomic E-state index is 6.23. The molecule has 0 radical (unpaired) electrons. The van der Waals surface area contributed by atoms with Crippen molar-refractivity contribution in [2.45, 2.75) is 32.1 Å². The fourth-order valence-corrected chi connectivity index (χ4v) is 3.46. The van der Waals surface area contributed by atoms with Gasteiger partial charge < -0.3 is 4.90 Å². The molecule has 2 heterocycles. The fraction of sp³-hybridized carbons (Fsp3) is 0.471. The Hall–Kier alpha value is -1.03. The van der Waals surface area contributed by atoms with E-state index in [1.165, 1.54) is 38.9 Å². The summed E-state index contributed by atoms with van der Waals surface area (Å²) >= 11 is 12.2. The highest BCUT2D eigenvalue weighted by molar-refractivity contribution is 6.35. The van der Waals surface area contributed by atoms with Gasteiger partial charge in [0.2, 0.25) is 0 Å². The van der Waals surface area contributed by atoms with Crippen LogP contribution in [0.25, 0.3) is 5.69 Å². The van der Waals surface area contributed by atoms with E-state index in [1.54, 1.807) is 6.07 Å². The molecule has 1 saturated heterocycles. The van der Waals surface area contributed by atoms with E-state index in [0.29, 0.717) is 10.0 Å². The van der Waals surface area contributed by atoms with Gasteiger partial charge in [-0.05, 0) is 69.6 Å². The first kappa shape index (κ1) is 15.9. The van der Waals surface area contributed by atoms with Crippen LogP contribution >= 0.6 is 23.2 Å². The normalized spacial score (nSPS) is 16.1. The van der Waals surface area contributed by atoms with Crippen molar-refractivity contribution in [1.29, 1.82) is 0 Å². The van der Waals surface area contributed by atoms with Crippen molar-refractivity contribution >= 4 is 23.2 Å². The maximum absolute atomic E-state index is 6.23. The highest BCUT2D eigenvalue weighted by atomic mass is 35.5. The van der Waals surface area contributed by atoms with E-state index in [2.05, 4.69) is 16.1 Å². The summed E-state index contributed by atoms with van der Waals surface area (Å²) in [7, 11) is 0. The predicted octanol–water partition coefficient (Wildman–Crippen LogP) is 4.60. The number of piperidine rings is 1. The van der Waals surface area contributed by atoms with Crippen LogP contribution in [-0.4, -0.2) is 34.3 Å². The molecule has 0 saturated carbocycles. The minimum absolute atomic E-state index is 0.621. The van der Waals surface area contributed by atoms with Crippen LogP contribution in [0, 0.1) is 0 Å². The number of aryl methyl sites for hydroxylation is 1. The van der Waals surface area contributed by atoms with Crippen molar-refractivity contribution in [3.8, 4) is 5.69 Å². The quantitative estimate of drug-likeness (QED) is 0.795. The molecule has 3 nitrogen and oxygen atoms in total. The summed E-state index contributed by atoms with van der Waals surface area (Å²) in [5.74, 6) is 0. The molecule has 5 heteroatoms. The molecule has 22 heavy (non-hydrogen) atoms. The van der Waals surface area contributed by atoms with Gasteiger partial charge in [-0.15, -0.1) is 0 Å². The molecule has 0 spiro atoms. The zero-order valence-electron chi connectivity index (χ0n) is 12.6. The highest BCUT2D eigenvalue weighted by Gasteiger charge is 2.10. The molecule has 1 aliphatic rings. The van der Waals surface area contributed by atoms with Crippen LogP contribution in [0.1, 0.15) is 31.4 Å². The Morgan fingerprint density at radius 2 is 1.86 bits per heavy atom. The maximum Gasteiger partial charge on any atom is 0.0832 e. The van der Waals surface area contributed by atoms with Gasteiger partial charge in [0.25, 0.3) is 0 Å². The van der Waals surface area contributed by atoms with E-state index in [-0.39, 0.29) is 0 Å². The molecule has 0 bridgehead atoms. The number of benzene rings is 1. The predicted molar refractivity (Wildman–Crippen MR) is 92.2 cm³/mol. The third-order valence-corrected chi connectivity index (χ3v) is 4.69. The lowest BCUT2D eigenvalue weighted by molar-refractivity contribution is 0.226. The zero-order chi connectivity index (χ0) is 15.4. The first-order chi connectivity index (χ1) is 10.7. The van der Waals surface area contributed by atoms with Gasteiger partial charge >= 0.3 is 0 Å². The number of hydrogen-bond acceptors (Lipinski definition) is 2. The second-order valence-electron chi connectivity index (χ2n) is 5.85. The van der Waals surface area contributed by atoms with Crippen molar-refractivity contribution in [3.05, 3.63) is 46.2 Å². The highest BCUT2D eigenvalue weighted by Crippen LogP contribution is 2.24. The van der Waals surface area contributed by atoms with Crippen molar-refractivity contribution in [2.24, 2.45) is 0 Å². The monoisotopic (exact) mass is 337 g/mol. The van der Waals surface area contributed by atoms with Crippen molar-refractivity contribution in [3.63, 3.8) is 0 Å². The van der Waals surface area contributed by atoms with Gasteiger partial charge in [0.1, 0.15) is 0 Å². The average molecular weight is 338 g/mol. The number of hydrogen-bond donors (Lipinski definition) is 0. The van der Waals surface area contributed by atoms with E-state index in [9.17, 15) is 0 Å². The molecule has 1 fully saturated rings. The lowest BCUT2D eigenvalue weighted by Gasteiger charge is -2.26. The molecule has 0 aliphatic carbocycles. The number of aromatic nitrogens is 2. The van der Waals surface area contributed by atoms with Crippen molar-refractivity contribution in [1.82, 2.24) is 14.7 Å². The van der Waals surface area contributed by atoms with Gasteiger partial charge in [0.15, 0.2) is 0 Å². The SMILES string of the molecule is Clc1ccc(-n2ccc(CCCN3CCCCC3)n2)c(Cl)c1. The van der Waals surface area contributed by atoms with Crippen LogP contribution < -0.4 is 0 Å². The minimum atomic E-state index is 0.621. The molecule has 0 unspecified atom stereocenters. The Bertz CT molecular complexity index is 618. The summed E-state index contributed by atoms with van der Waals surface area (Å²) in [5, 5.41) is 5.89. The smallest absolute Gasteiger partial charge is 0.0832 e. The van der Waals surface area contributed by atoms with Gasteiger partial charge in [0.05, 0.1) is 16.4 Å². The number of likely N-dealkylation sites (tertiary alicyclic amines) is 1. The number of nitrogens with zero attached hydrogens (tertiary/aromatic N) is 3. The van der Waals surface area contributed by atoms with Gasteiger partial charge in [-0.25, -0.2) is 4.68 Å². The second kappa shape index (κ2) is 7.49. The molecular formula is C17H21Cl2N3. The van der Waals surface area contributed by atoms with E-state index in [0.717, 1.165) is 24.2 Å². The molecule has 2 aromatic rings. The standard InChI is InChI=1S/C17H21Cl2N3/c18-14-6-7-17(16(19)13-14)22-12-8-15(20-22)5-4-11-21-9-2-1-3-10-21/h6-8,12-13H,1-5,9-11H2. The Kier molecular flexibility index (Phi) is 5.40. The van der Waals surface area contributed by atoms with Crippen LogP contribution in [0.3, 0.4) is 0 Å². The van der Waals surface area contributed by atoms with Crippen LogP contribution in [0.2, 0.25) is 10.0 Å². The molecule has 0 amide bonds. The second-order valence-corrected chi connectivity index (χ2v) is 6.70. The van der Waals surface area contributed by atoms with Crippen LogP contribution in [0.4, 0.5) is 0 Å². The summed E-state index contributed by atoms with van der Waals surface area (Å²) in [6, 6.07) is 7.55. The van der Waals surface area contributed by atoms with Crippen LogP contribution in [-0.2, 0) is 6.42 Å². The molecule has 1 aromatic heterocycles. The molecule has 0 N–H and O–H groups in total. The van der Waals surface area contributed by atoms with Gasteiger partial charge in [-0.2, -0.15) is 5.10 Å². The van der Waals surface area contributed by atoms with E-state index in [1.807, 2.05) is 23.0 Å². The summed E-state index contributed by atoms with van der Waals surface area (Å²) < 4.78 is 1.83. The van der Waals surface area contributed by atoms with Gasteiger partial charge in [0, 0.05) is 11.2 Å². The largest absolute Gasteiger partial charge is 0.303 e. The molecule has 1 aliphatic heterocycles. The summed E-state index contributed by atoms with van der Waals surface area (Å²) in [6.45, 7) is 3.69. The topological polar surface area (TPSA) is 21.1 Å². The number of halogens is 2. The van der Waals surface area contributed by atoms with Crippen LogP contribution in [0.15, 0.2) is 30.5 Å². The first-order valence-corrected chi connectivity index (χ1v) is 8.70. The van der Waals surface area contributed by atoms with Gasteiger partial charge in [-0.3, -0.25) is 0 Å². The minimum Gasteiger partial charge on any atom is -0.303 e.